The van der Waals surface area contributed by atoms with Crippen molar-refractivity contribution in [2.45, 2.75) is 4.63 Å². The zero-order valence-electron chi connectivity index (χ0n) is 3.33. The van der Waals surface area contributed by atoms with Gasteiger partial charge in [0, 0.05) is 0 Å². The van der Waals surface area contributed by atoms with Crippen LogP contribution in [0.4, 0.5) is 0 Å². The van der Waals surface area contributed by atoms with Gasteiger partial charge in [-0.3, -0.25) is 0 Å². The minimum absolute atomic E-state index is 1.05. The molecule has 0 heterocycles. The van der Waals surface area contributed by atoms with E-state index in [9.17, 15) is 0 Å². The molecule has 0 spiro atoms. The Morgan fingerprint density at radius 3 is 2.20 bits per heavy atom. The molecule has 0 atom stereocenters. The van der Waals surface area contributed by atoms with E-state index in [4.69, 9.17) is 5.26 Å². The van der Waals surface area contributed by atoms with E-state index in [0.717, 1.165) is 0 Å². The van der Waals surface area contributed by atoms with Gasteiger partial charge in [0.15, 0.2) is 0 Å². The van der Waals surface area contributed by atoms with Crippen molar-refractivity contribution < 1.29 is 16.0 Å². The summed E-state index contributed by atoms with van der Waals surface area (Å²) in [7, 11) is 0. The summed E-state index contributed by atoms with van der Waals surface area (Å²) < 4.78 is 4.38. The molecule has 0 amide bonds. The predicted octanol–water partition coefficient (Wildman–Crippen LogP) is 0.220. The first-order valence-corrected chi connectivity index (χ1v) is 15.1. The van der Waals surface area contributed by atoms with Crippen LogP contribution in [0.2, 0.25) is 4.63 Å². The van der Waals surface area contributed by atoms with Crippen molar-refractivity contribution in [2.75, 3.05) is 0 Å². The Bertz CT molecular complexity index is 55.2. The Kier molecular flexibility index (Phi) is 4.54. The second-order valence-electron chi connectivity index (χ2n) is 0.840. The molecule has 0 N–H and O–H groups in total. The molecule has 3 heteroatoms. The average Bonchev–Trinajstić information content (AvgIpc) is 1.38. The van der Waals surface area contributed by atoms with Crippen LogP contribution in [0.25, 0.3) is 0 Å². The van der Waals surface area contributed by atoms with Crippen LogP contribution >= 0.6 is 0 Å². The van der Waals surface area contributed by atoms with Gasteiger partial charge >= 0.3 is 52.5 Å². The Morgan fingerprint density at radius 2 is 2.20 bits per heavy atom. The maximum atomic E-state index is 8.01. The fraction of sp³-hybridized carbons (Fsp3) is 0.500. The van der Waals surface area contributed by atoms with E-state index in [1.165, 1.54) is 22.8 Å². The van der Waals surface area contributed by atoms with Crippen LogP contribution < -0.4 is 0 Å². The third-order valence-electron chi connectivity index (χ3n) is 0.169. The standard InChI is InChI=1S/C2H3AtN.Na/c1-3-2-4;/h1H3;/q+1;-1/i3+1;. The molecule has 0 saturated heterocycles. The van der Waals surface area contributed by atoms with E-state index in [2.05, 4.69) is 8.41 Å². The molecule has 0 fully saturated rings. The zero-order valence-corrected chi connectivity index (χ0v) is 8.26. The monoisotopic (exact) mass is 275 g/mol. The molecule has 24 valence electrons. The van der Waals surface area contributed by atoms with Crippen molar-refractivity contribution in [1.82, 2.24) is 0 Å². The topological polar surface area (TPSA) is 23.8 Å². The van der Waals surface area contributed by atoms with Crippen LogP contribution in [-0.2, 0) is 0 Å². The van der Waals surface area contributed by atoms with E-state index in [0.29, 0.717) is 0 Å². The molecule has 0 unspecified atom stereocenters. The van der Waals surface area contributed by atoms with E-state index in [1.54, 1.807) is 0 Å². The summed E-state index contributed by atoms with van der Waals surface area (Å²) >= 11 is 0.144. The van der Waals surface area contributed by atoms with Crippen LogP contribution in [-0.4, -0.2) is 22.8 Å². The van der Waals surface area contributed by atoms with Gasteiger partial charge in [-0.2, -0.15) is 0 Å². The molecule has 0 aromatic heterocycles. The van der Waals surface area contributed by atoms with Crippen molar-refractivity contribution in [3.63, 3.8) is 0 Å². The van der Waals surface area contributed by atoms with Crippen LogP contribution in [0.15, 0.2) is 0 Å². The van der Waals surface area contributed by atoms with Crippen molar-refractivity contribution in [1.29, 1.82) is 5.26 Å². The van der Waals surface area contributed by atoms with Gasteiger partial charge < -0.3 is 0 Å². The molecular weight excluding hydrogens is 272 g/mol. The van der Waals surface area contributed by atoms with E-state index < -0.39 is 16.0 Å². The van der Waals surface area contributed by atoms with Crippen LogP contribution in [0.3, 0.4) is 0 Å². The molecule has 0 saturated carbocycles. The van der Waals surface area contributed by atoms with Gasteiger partial charge in [0.25, 0.3) is 0 Å². The first-order chi connectivity index (χ1) is 2.27. The summed E-state index contributed by atoms with van der Waals surface area (Å²) in [6.07, 6.45) is 0. The second-order valence-corrected chi connectivity index (χ2v) is 17.3. The fourth-order valence-electron chi connectivity index (χ4n) is 0. The van der Waals surface area contributed by atoms with Gasteiger partial charge in [-0.05, 0) is 0 Å². The van der Waals surface area contributed by atoms with Gasteiger partial charge in [0.05, 0.1) is 0 Å². The summed E-state index contributed by atoms with van der Waals surface area (Å²) in [5.41, 5.74) is 0. The van der Waals surface area contributed by atoms with Gasteiger partial charge in [-0.25, -0.2) is 0 Å². The molecule has 0 aliphatic rings. The van der Waals surface area contributed by atoms with Crippen molar-refractivity contribution in [3.05, 3.63) is 0 Å². The van der Waals surface area contributed by atoms with Gasteiger partial charge in [-0.1, -0.05) is 0 Å². The summed E-state index contributed by atoms with van der Waals surface area (Å²) in [5.74, 6) is 0. The summed E-state index contributed by atoms with van der Waals surface area (Å²) in [4.78, 5) is 0. The third kappa shape index (κ3) is 5.37. The minimum atomic E-state index is -1.05. The predicted molar refractivity (Wildman–Crippen MR) is 17.2 cm³/mol. The molecule has 0 aromatic carbocycles. The Labute approximate surface area is 51.6 Å². The fourth-order valence-corrected chi connectivity index (χ4v) is 0. The Morgan fingerprint density at radius 1 is 2.00 bits per heavy atom. The van der Waals surface area contributed by atoms with E-state index in [1.807, 2.05) is 0 Å². The molecule has 0 aromatic rings. The first kappa shape index (κ1) is 6.37. The molecule has 0 rings (SSSR count). The quantitative estimate of drug-likeness (QED) is 0.580. The first-order valence-electron chi connectivity index (χ1n) is 1.17. The molecule has 0 aliphatic carbocycles. The van der Waals surface area contributed by atoms with E-state index in [-0.39, 0.29) is 0 Å². The Hall–Kier alpha value is 1.37. The van der Waals surface area contributed by atoms with Crippen LogP contribution in [0.5, 0.6) is 0 Å². The molecule has 1 nitrogen and oxygen atoms in total. The molecular formula is C2H3AtNNa. The van der Waals surface area contributed by atoms with Crippen LogP contribution in [0.1, 0.15) is 0 Å². The number of hydrogen-bond donors (Lipinski definition) is 0. The third-order valence-corrected chi connectivity index (χ3v) is 2.97. The maximum absolute atomic E-state index is 8.01. The molecule has 0 radical (unpaired) electrons. The van der Waals surface area contributed by atoms with Crippen molar-refractivity contribution in [2.24, 2.45) is 0 Å². The van der Waals surface area contributed by atoms with E-state index >= 15 is 0 Å². The summed E-state index contributed by atoms with van der Waals surface area (Å²) in [5, 5.41) is 8.01. The number of nitriles is 1. The zero-order chi connectivity index (χ0) is 4.28. The van der Waals surface area contributed by atoms with Crippen molar-refractivity contribution in [3.8, 4) is 3.78 Å². The molecule has 5 heavy (non-hydrogen) atoms. The molecule has 0 bridgehead atoms. The number of hydrogen-bond acceptors (Lipinski definition) is 1. The molecule has 0 aliphatic heterocycles. The van der Waals surface area contributed by atoms with Gasteiger partial charge in [-0.15, -0.1) is 0 Å². The SMILES string of the molecule is C[211At]([Na])C#N. The number of rotatable bonds is 0. The van der Waals surface area contributed by atoms with Crippen molar-refractivity contribution >= 4 is 22.8 Å². The summed E-state index contributed by atoms with van der Waals surface area (Å²) in [6, 6.07) is 0. The number of nitrogens with zero attached hydrogens (tertiary/aromatic N) is 1. The average molecular weight is 275 g/mol. The summed E-state index contributed by atoms with van der Waals surface area (Å²) in [6.45, 7) is 0. The van der Waals surface area contributed by atoms with Gasteiger partial charge in [0.2, 0.25) is 0 Å². The second kappa shape index (κ2) is 3.56. The Balaban J connectivity index is 2.94. The van der Waals surface area contributed by atoms with Crippen LogP contribution in [0, 0.1) is 25.1 Å². The normalized spacial score (nSPS) is 9.60. The van der Waals surface area contributed by atoms with Gasteiger partial charge in [0.1, 0.15) is 0 Å².